The normalized spacial score (nSPS) is 11.6. The Bertz CT molecular complexity index is 647. The molecule has 0 aliphatic heterocycles. The van der Waals surface area contributed by atoms with Gasteiger partial charge in [0.1, 0.15) is 5.76 Å². The second-order valence-corrected chi connectivity index (χ2v) is 5.73. The van der Waals surface area contributed by atoms with Crippen LogP contribution in [0.2, 0.25) is 0 Å². The van der Waals surface area contributed by atoms with Gasteiger partial charge in [0.05, 0.1) is 17.6 Å². The first-order valence-electron chi connectivity index (χ1n) is 5.80. The monoisotopic (exact) mass is 281 g/mol. The van der Waals surface area contributed by atoms with Crippen LogP contribution in [0.3, 0.4) is 0 Å². The van der Waals surface area contributed by atoms with Crippen LogP contribution in [0.25, 0.3) is 0 Å². The molecule has 1 aromatic carbocycles. The molecule has 19 heavy (non-hydrogen) atoms. The Balaban J connectivity index is 2.07. The molecule has 0 aliphatic rings. The van der Waals surface area contributed by atoms with Gasteiger partial charge < -0.3 is 10.2 Å². The van der Waals surface area contributed by atoms with Crippen molar-refractivity contribution < 1.29 is 12.8 Å². The molecule has 0 bridgehead atoms. The minimum atomic E-state index is -3.58. The van der Waals surface area contributed by atoms with E-state index in [4.69, 9.17) is 10.2 Å². The van der Waals surface area contributed by atoms with Crippen molar-refractivity contribution in [3.63, 3.8) is 0 Å². The molecular weight excluding hydrogens is 266 g/mol. The van der Waals surface area contributed by atoms with Gasteiger partial charge in [-0.3, -0.25) is 0 Å². The van der Waals surface area contributed by atoms with Crippen molar-refractivity contribution in [3.8, 4) is 0 Å². The SMILES string of the molecule is CCc1cnc(CNS(=O)(=O)c2ccc(N)cc2)o1. The Morgan fingerprint density at radius 1 is 1.32 bits per heavy atom. The summed E-state index contributed by atoms with van der Waals surface area (Å²) >= 11 is 0. The summed E-state index contributed by atoms with van der Waals surface area (Å²) in [5.74, 6) is 1.07. The van der Waals surface area contributed by atoms with E-state index in [-0.39, 0.29) is 11.4 Å². The minimum absolute atomic E-state index is 0.0205. The molecule has 0 saturated heterocycles. The number of rotatable bonds is 5. The number of nitrogens with zero attached hydrogens (tertiary/aromatic N) is 1. The molecule has 102 valence electrons. The summed E-state index contributed by atoms with van der Waals surface area (Å²) in [5, 5.41) is 0. The number of benzene rings is 1. The van der Waals surface area contributed by atoms with E-state index in [0.717, 1.165) is 12.2 Å². The lowest BCUT2D eigenvalue weighted by Gasteiger charge is -2.05. The average Bonchev–Trinajstić information content (AvgIpc) is 2.85. The van der Waals surface area contributed by atoms with Crippen LogP contribution < -0.4 is 10.5 Å². The van der Waals surface area contributed by atoms with E-state index in [2.05, 4.69) is 9.71 Å². The van der Waals surface area contributed by atoms with Gasteiger partial charge in [0, 0.05) is 12.1 Å². The number of hydrogen-bond acceptors (Lipinski definition) is 5. The van der Waals surface area contributed by atoms with E-state index in [9.17, 15) is 8.42 Å². The molecule has 0 unspecified atom stereocenters. The molecule has 6 nitrogen and oxygen atoms in total. The van der Waals surface area contributed by atoms with Crippen LogP contribution in [0.1, 0.15) is 18.6 Å². The number of nitrogens with two attached hydrogens (primary N) is 1. The molecule has 1 aromatic heterocycles. The lowest BCUT2D eigenvalue weighted by atomic mass is 10.3. The quantitative estimate of drug-likeness (QED) is 0.805. The lowest BCUT2D eigenvalue weighted by molar-refractivity contribution is 0.452. The highest BCUT2D eigenvalue weighted by Gasteiger charge is 2.14. The van der Waals surface area contributed by atoms with Crippen molar-refractivity contribution in [2.45, 2.75) is 24.8 Å². The summed E-state index contributed by atoms with van der Waals surface area (Å²) in [6.45, 7) is 1.95. The van der Waals surface area contributed by atoms with Crippen LogP contribution in [0.5, 0.6) is 0 Å². The molecule has 3 N–H and O–H groups in total. The Hall–Kier alpha value is -1.86. The fourth-order valence-electron chi connectivity index (χ4n) is 1.48. The van der Waals surface area contributed by atoms with E-state index in [0.29, 0.717) is 11.6 Å². The predicted molar refractivity (Wildman–Crippen MR) is 70.8 cm³/mol. The first-order valence-corrected chi connectivity index (χ1v) is 7.28. The van der Waals surface area contributed by atoms with Crippen molar-refractivity contribution in [2.24, 2.45) is 0 Å². The molecule has 0 aliphatic carbocycles. The molecule has 0 radical (unpaired) electrons. The van der Waals surface area contributed by atoms with Crippen molar-refractivity contribution in [3.05, 3.63) is 42.1 Å². The number of sulfonamides is 1. The molecule has 0 spiro atoms. The third-order valence-corrected chi connectivity index (χ3v) is 3.97. The van der Waals surface area contributed by atoms with E-state index in [1.54, 1.807) is 6.20 Å². The molecule has 2 aromatic rings. The largest absolute Gasteiger partial charge is 0.444 e. The molecule has 0 saturated carbocycles. The van der Waals surface area contributed by atoms with Gasteiger partial charge in [-0.15, -0.1) is 0 Å². The van der Waals surface area contributed by atoms with Gasteiger partial charge in [-0.25, -0.2) is 18.1 Å². The van der Waals surface area contributed by atoms with Crippen molar-refractivity contribution in [1.82, 2.24) is 9.71 Å². The molecule has 7 heteroatoms. The summed E-state index contributed by atoms with van der Waals surface area (Å²) in [4.78, 5) is 4.14. The maximum atomic E-state index is 12.0. The van der Waals surface area contributed by atoms with Crippen LogP contribution in [-0.4, -0.2) is 13.4 Å². The fraction of sp³-hybridized carbons (Fsp3) is 0.250. The van der Waals surface area contributed by atoms with Crippen molar-refractivity contribution in [1.29, 1.82) is 0 Å². The standard InChI is InChI=1S/C12H15N3O3S/c1-2-10-7-14-12(18-10)8-15-19(16,17)11-5-3-9(13)4-6-11/h3-7,15H,2,8,13H2,1H3. The maximum Gasteiger partial charge on any atom is 0.241 e. The van der Waals surface area contributed by atoms with Crippen LogP contribution >= 0.6 is 0 Å². The smallest absolute Gasteiger partial charge is 0.241 e. The molecular formula is C12H15N3O3S. The zero-order valence-corrected chi connectivity index (χ0v) is 11.3. The zero-order chi connectivity index (χ0) is 13.9. The van der Waals surface area contributed by atoms with E-state index >= 15 is 0 Å². The number of anilines is 1. The summed E-state index contributed by atoms with van der Waals surface area (Å²) in [6.07, 6.45) is 2.31. The van der Waals surface area contributed by atoms with Crippen LogP contribution in [0.15, 0.2) is 39.8 Å². The highest BCUT2D eigenvalue weighted by molar-refractivity contribution is 7.89. The number of oxazole rings is 1. The third kappa shape index (κ3) is 3.33. The van der Waals surface area contributed by atoms with E-state index in [1.165, 1.54) is 24.3 Å². The topological polar surface area (TPSA) is 98.2 Å². The molecule has 0 fully saturated rings. The Labute approximate surface area is 111 Å². The number of nitrogen functional groups attached to an aromatic ring is 1. The number of aryl methyl sites for hydroxylation is 1. The van der Waals surface area contributed by atoms with E-state index in [1.807, 2.05) is 6.92 Å². The number of hydrogen-bond donors (Lipinski definition) is 2. The fourth-order valence-corrected chi connectivity index (χ4v) is 2.45. The second-order valence-electron chi connectivity index (χ2n) is 3.97. The maximum absolute atomic E-state index is 12.0. The first-order chi connectivity index (χ1) is 9.01. The highest BCUT2D eigenvalue weighted by atomic mass is 32.2. The Morgan fingerprint density at radius 2 is 2.00 bits per heavy atom. The van der Waals surface area contributed by atoms with Crippen molar-refractivity contribution >= 4 is 15.7 Å². The predicted octanol–water partition coefficient (Wildman–Crippen LogP) is 1.30. The molecule has 1 heterocycles. The molecule has 0 atom stereocenters. The van der Waals surface area contributed by atoms with Gasteiger partial charge >= 0.3 is 0 Å². The second kappa shape index (κ2) is 5.41. The minimum Gasteiger partial charge on any atom is -0.444 e. The summed E-state index contributed by atoms with van der Waals surface area (Å²) in [7, 11) is -3.58. The third-order valence-electron chi connectivity index (χ3n) is 2.55. The number of aromatic nitrogens is 1. The van der Waals surface area contributed by atoms with Crippen LogP contribution in [0.4, 0.5) is 5.69 Å². The highest BCUT2D eigenvalue weighted by Crippen LogP contribution is 2.12. The Morgan fingerprint density at radius 3 is 2.58 bits per heavy atom. The summed E-state index contributed by atoms with van der Waals surface area (Å²) in [5.41, 5.74) is 6.03. The lowest BCUT2D eigenvalue weighted by Crippen LogP contribution is -2.23. The van der Waals surface area contributed by atoms with Crippen LogP contribution in [0, 0.1) is 0 Å². The van der Waals surface area contributed by atoms with E-state index < -0.39 is 10.0 Å². The Kier molecular flexibility index (Phi) is 3.87. The molecule has 2 rings (SSSR count). The average molecular weight is 281 g/mol. The van der Waals surface area contributed by atoms with Gasteiger partial charge in [-0.2, -0.15) is 0 Å². The van der Waals surface area contributed by atoms with Gasteiger partial charge in [0.25, 0.3) is 0 Å². The number of nitrogens with one attached hydrogen (secondary N) is 1. The summed E-state index contributed by atoms with van der Waals surface area (Å²) in [6, 6.07) is 5.97. The molecule has 0 amide bonds. The van der Waals surface area contributed by atoms with Gasteiger partial charge in [0.2, 0.25) is 15.9 Å². The zero-order valence-electron chi connectivity index (χ0n) is 10.5. The van der Waals surface area contributed by atoms with Gasteiger partial charge in [-0.1, -0.05) is 6.92 Å². The van der Waals surface area contributed by atoms with Gasteiger partial charge in [0.15, 0.2) is 0 Å². The van der Waals surface area contributed by atoms with Crippen LogP contribution in [-0.2, 0) is 23.0 Å². The van der Waals surface area contributed by atoms with Crippen molar-refractivity contribution in [2.75, 3.05) is 5.73 Å². The first kappa shape index (κ1) is 13.6. The summed E-state index contributed by atoms with van der Waals surface area (Å²) < 4.78 is 31.7. The van der Waals surface area contributed by atoms with Gasteiger partial charge in [-0.05, 0) is 24.3 Å².